The maximum atomic E-state index is 14.2. The topological polar surface area (TPSA) is 187 Å². The lowest BCUT2D eigenvalue weighted by Crippen LogP contribution is -2.53. The molecule has 546 valence electrons. The van der Waals surface area contributed by atoms with Gasteiger partial charge in [0.25, 0.3) is 0 Å². The zero-order valence-corrected chi connectivity index (χ0v) is 61.6. The lowest BCUT2D eigenvalue weighted by Gasteiger charge is -2.23. The van der Waals surface area contributed by atoms with Gasteiger partial charge in [-0.3, -0.25) is 9.59 Å². The third-order valence-electron chi connectivity index (χ3n) is 19.6. The number of carbonyl (C=O) groups is 6. The third-order valence-corrected chi connectivity index (χ3v) is 22.1. The number of fused-ring (bicyclic) bond motifs is 6. The summed E-state index contributed by atoms with van der Waals surface area (Å²) in [6.45, 7) is 0.757. The third kappa shape index (κ3) is 24.8. The van der Waals surface area contributed by atoms with E-state index in [4.69, 9.17) is 18.9 Å². The van der Waals surface area contributed by atoms with Crippen LogP contribution < -0.4 is 21.3 Å². The fraction of sp³-hybridized carbons (Fsp3) is 0.386. The number of amides is 4. The van der Waals surface area contributed by atoms with Crippen LogP contribution in [0.1, 0.15) is 172 Å². The highest BCUT2D eigenvalue weighted by Crippen LogP contribution is 2.46. The quantitative estimate of drug-likeness (QED) is 0.0123. The monoisotopic (exact) mass is 1440 g/mol. The number of benzene rings is 8. The Kier molecular flexibility index (Phi) is 32.2. The van der Waals surface area contributed by atoms with Crippen LogP contribution in [-0.2, 0) is 63.8 Å². The van der Waals surface area contributed by atoms with Crippen LogP contribution in [0.3, 0.4) is 0 Å². The molecule has 10 rings (SSSR count). The zero-order chi connectivity index (χ0) is 72.2. The van der Waals surface area contributed by atoms with Crippen LogP contribution in [0.15, 0.2) is 218 Å². The standard InChI is InChI=1S/C88H102N4O10S2/c93-83(79(59-65-39-19-15-20-40-65)91-87(97)101-63-77-73-51-31-27-47-69(73)70-48-28-32-52-74(70)77)89-81(61-67-43-23-17-24-44-67)85(95)99-55-35-11-7-3-1-5-9-13-37-57-103-104-58-38-14-10-6-2-4-8-12-36-56-100-86(96)82(62-68-45-25-18-26-46-68)90-84(94)80(60-66-41-21-16-22-42-66)92-88(98)102-64-78-75-53-33-29-49-71(75)72-50-30-34-54-76(72)78/h15-34,39-54,77-82H,1-14,35-38,55-64H2,(H,89,93)(H,90,94)(H,91,97)(H,92,98)/t79-,80-,81-,82-/m0/s1. The molecular formula is C88H102N4O10S2. The number of nitrogens with one attached hydrogen (secondary N) is 4. The summed E-state index contributed by atoms with van der Waals surface area (Å²) < 4.78 is 23.4. The average molecular weight is 1440 g/mol. The van der Waals surface area contributed by atoms with Crippen LogP contribution in [-0.4, -0.2) is 98.0 Å². The molecule has 0 fully saturated rings. The second kappa shape index (κ2) is 43.2. The Hall–Kier alpha value is -9.12. The van der Waals surface area contributed by atoms with E-state index in [-0.39, 0.29) is 63.9 Å². The Balaban J connectivity index is 0.533. The van der Waals surface area contributed by atoms with Gasteiger partial charge < -0.3 is 40.2 Å². The predicted molar refractivity (Wildman–Crippen MR) is 418 cm³/mol. The van der Waals surface area contributed by atoms with Crippen molar-refractivity contribution < 1.29 is 47.7 Å². The van der Waals surface area contributed by atoms with Gasteiger partial charge in [-0.25, -0.2) is 19.2 Å². The van der Waals surface area contributed by atoms with Crippen LogP contribution in [0, 0.1) is 0 Å². The maximum absolute atomic E-state index is 14.2. The number of ether oxygens (including phenoxy) is 4. The molecule has 0 saturated heterocycles. The Labute approximate surface area is 623 Å². The molecule has 2 aliphatic rings. The van der Waals surface area contributed by atoms with Gasteiger partial charge in [0.1, 0.15) is 37.4 Å². The molecule has 4 amide bonds. The van der Waals surface area contributed by atoms with Crippen molar-refractivity contribution in [2.24, 2.45) is 0 Å². The first-order valence-corrected chi connectivity index (χ1v) is 40.2. The predicted octanol–water partition coefficient (Wildman–Crippen LogP) is 18.2. The molecule has 0 saturated carbocycles. The summed E-state index contributed by atoms with van der Waals surface area (Å²) in [5.74, 6) is 0.123. The molecule has 0 bridgehead atoms. The summed E-state index contributed by atoms with van der Waals surface area (Å²) in [6.07, 6.45) is 19.7. The summed E-state index contributed by atoms with van der Waals surface area (Å²) in [5.41, 5.74) is 12.3. The van der Waals surface area contributed by atoms with Gasteiger partial charge in [-0.1, -0.05) is 330 Å². The van der Waals surface area contributed by atoms with Gasteiger partial charge in [-0.05, 0) is 92.4 Å². The van der Waals surface area contributed by atoms with E-state index < -0.39 is 60.1 Å². The van der Waals surface area contributed by atoms with Crippen LogP contribution in [0.4, 0.5) is 9.59 Å². The van der Waals surface area contributed by atoms with Gasteiger partial charge in [0.05, 0.1) is 13.2 Å². The minimum absolute atomic E-state index is 0.107. The van der Waals surface area contributed by atoms with Crippen molar-refractivity contribution in [1.82, 2.24) is 21.3 Å². The van der Waals surface area contributed by atoms with E-state index in [1.807, 2.05) is 191 Å². The summed E-state index contributed by atoms with van der Waals surface area (Å²) in [4.78, 5) is 83.0. The second-order valence-corrected chi connectivity index (χ2v) is 30.0. The molecule has 14 nitrogen and oxygen atoms in total. The molecule has 104 heavy (non-hydrogen) atoms. The van der Waals surface area contributed by atoms with Gasteiger partial charge in [0.15, 0.2) is 0 Å². The number of unbranched alkanes of at least 4 members (excludes halogenated alkanes) is 16. The van der Waals surface area contributed by atoms with Gasteiger partial charge in [0.2, 0.25) is 11.8 Å². The molecule has 0 radical (unpaired) electrons. The molecule has 16 heteroatoms. The van der Waals surface area contributed by atoms with Gasteiger partial charge in [-0.2, -0.15) is 0 Å². The van der Waals surface area contributed by atoms with E-state index in [1.54, 1.807) is 0 Å². The second-order valence-electron chi connectivity index (χ2n) is 27.3. The first-order valence-electron chi connectivity index (χ1n) is 37.7. The summed E-state index contributed by atoms with van der Waals surface area (Å²) in [6, 6.07) is 66.7. The number of alkyl carbamates (subject to hydrolysis) is 2. The van der Waals surface area contributed by atoms with Crippen molar-refractivity contribution in [3.63, 3.8) is 0 Å². The molecule has 8 aromatic rings. The van der Waals surface area contributed by atoms with E-state index in [0.717, 1.165) is 118 Å². The highest BCUT2D eigenvalue weighted by molar-refractivity contribution is 8.76. The van der Waals surface area contributed by atoms with Gasteiger partial charge in [0, 0.05) is 49.0 Å². The zero-order valence-electron chi connectivity index (χ0n) is 59.9. The summed E-state index contributed by atoms with van der Waals surface area (Å²) >= 11 is 0. The van der Waals surface area contributed by atoms with Crippen LogP contribution in [0.5, 0.6) is 0 Å². The molecule has 2 aliphatic carbocycles. The first-order chi connectivity index (χ1) is 51.1. The molecule has 0 spiro atoms. The molecular weight excluding hydrogens is 1340 g/mol. The van der Waals surface area contributed by atoms with Crippen molar-refractivity contribution in [3.05, 3.63) is 263 Å². The number of rotatable bonds is 45. The Morgan fingerprint density at radius 1 is 0.279 bits per heavy atom. The van der Waals surface area contributed by atoms with Crippen molar-refractivity contribution >= 4 is 57.5 Å². The smallest absolute Gasteiger partial charge is 0.407 e. The molecule has 4 atom stereocenters. The SMILES string of the molecule is O=C(N[C@@H](Cc1ccccc1)C(=O)N[C@@H](Cc1ccccc1)C(=O)OCCCCCCCCCCCSSCCCCCCCCCCCOC(=O)[C@H](Cc1ccccc1)NC(=O)[C@H](Cc1ccccc1)NC(=O)OCC1c2ccccc2-c2ccccc21)OCC1c2ccccc2-c2ccccc21. The van der Waals surface area contributed by atoms with E-state index in [2.05, 4.69) is 69.8 Å². The summed E-state index contributed by atoms with van der Waals surface area (Å²) in [7, 11) is 4.02. The Bertz CT molecular complexity index is 3600. The van der Waals surface area contributed by atoms with Crippen LogP contribution >= 0.6 is 21.6 Å². The molecule has 8 aromatic carbocycles. The highest BCUT2D eigenvalue weighted by atomic mass is 33.1. The number of esters is 2. The molecule has 0 heterocycles. The van der Waals surface area contributed by atoms with Crippen molar-refractivity contribution in [2.75, 3.05) is 37.9 Å². The van der Waals surface area contributed by atoms with E-state index in [9.17, 15) is 28.8 Å². The summed E-state index contributed by atoms with van der Waals surface area (Å²) in [5, 5.41) is 11.6. The lowest BCUT2D eigenvalue weighted by atomic mass is 9.98. The van der Waals surface area contributed by atoms with E-state index in [1.165, 1.54) is 75.7 Å². The minimum atomic E-state index is -1.01. The maximum Gasteiger partial charge on any atom is 0.407 e. The van der Waals surface area contributed by atoms with Crippen molar-refractivity contribution in [1.29, 1.82) is 0 Å². The molecule has 0 aliphatic heterocycles. The largest absolute Gasteiger partial charge is 0.464 e. The lowest BCUT2D eigenvalue weighted by molar-refractivity contribution is -0.148. The minimum Gasteiger partial charge on any atom is -0.464 e. The fourth-order valence-corrected chi connectivity index (χ4v) is 16.3. The van der Waals surface area contributed by atoms with Crippen molar-refractivity contribution in [3.8, 4) is 22.3 Å². The van der Waals surface area contributed by atoms with Gasteiger partial charge >= 0.3 is 24.1 Å². The normalized spacial score (nSPS) is 13.2. The molecule has 0 aromatic heterocycles. The average Bonchev–Trinajstić information content (AvgIpc) is 1.62. The van der Waals surface area contributed by atoms with E-state index >= 15 is 0 Å². The highest BCUT2D eigenvalue weighted by Gasteiger charge is 2.34. The van der Waals surface area contributed by atoms with Crippen molar-refractivity contribution in [2.45, 2.75) is 177 Å². The first kappa shape index (κ1) is 77.5. The number of carbonyl (C=O) groups excluding carboxylic acids is 6. The fourth-order valence-electron chi connectivity index (χ4n) is 14.0. The molecule has 4 N–H and O–H groups in total. The Morgan fingerprint density at radius 2 is 0.529 bits per heavy atom. The van der Waals surface area contributed by atoms with Crippen LogP contribution in [0.2, 0.25) is 0 Å². The number of hydrogen-bond acceptors (Lipinski definition) is 12. The van der Waals surface area contributed by atoms with Crippen LogP contribution in [0.25, 0.3) is 22.3 Å². The van der Waals surface area contributed by atoms with Gasteiger partial charge in [-0.15, -0.1) is 0 Å². The molecule has 0 unspecified atom stereocenters. The van der Waals surface area contributed by atoms with E-state index in [0.29, 0.717) is 0 Å². The Morgan fingerprint density at radius 3 is 0.827 bits per heavy atom. The number of hydrogen-bond donors (Lipinski definition) is 4.